The molecule has 98 valence electrons. The van der Waals surface area contributed by atoms with Crippen molar-refractivity contribution in [2.75, 3.05) is 28.3 Å². The van der Waals surface area contributed by atoms with Gasteiger partial charge in [-0.25, -0.2) is 0 Å². The second kappa shape index (κ2) is 11.1. The lowest BCUT2D eigenvalue weighted by Gasteiger charge is -2.02. The monoisotopic (exact) mass is 240 g/mol. The van der Waals surface area contributed by atoms with Crippen molar-refractivity contribution in [2.45, 2.75) is 20.8 Å². The molecule has 1 rings (SSSR count). The van der Waals surface area contributed by atoms with E-state index < -0.39 is 0 Å². The lowest BCUT2D eigenvalue weighted by Crippen LogP contribution is -1.99. The maximum atomic E-state index is 10.3. The number of hydrogen-bond donors (Lipinski definition) is 0. The van der Waals surface area contributed by atoms with E-state index in [1.54, 1.807) is 13.2 Å². The number of carbonyl (C=O) groups excluding carboxylic acids is 1. The summed E-state index contributed by atoms with van der Waals surface area (Å²) in [7, 11) is 7.55. The van der Waals surface area contributed by atoms with Gasteiger partial charge in [-0.05, 0) is 34.1 Å². The summed E-state index contributed by atoms with van der Waals surface area (Å²) >= 11 is 0. The lowest BCUT2D eigenvalue weighted by molar-refractivity contribution is 0.112. The molecule has 0 saturated heterocycles. The van der Waals surface area contributed by atoms with E-state index in [1.165, 1.54) is 6.20 Å². The molecule has 0 aliphatic carbocycles. The molecular weight excluding hydrogens is 216 g/mol. The van der Waals surface area contributed by atoms with E-state index in [9.17, 15) is 4.79 Å². The summed E-state index contributed by atoms with van der Waals surface area (Å²) in [6, 6.07) is 1.66. The number of methoxy groups -OCH3 is 1. The van der Waals surface area contributed by atoms with Crippen LogP contribution in [0.5, 0.6) is 5.75 Å². The molecule has 0 amide bonds. The van der Waals surface area contributed by atoms with E-state index in [-0.39, 0.29) is 0 Å². The fourth-order valence-electron chi connectivity index (χ4n) is 0.799. The second-order valence-electron chi connectivity index (χ2n) is 3.52. The fraction of sp³-hybridized carbons (Fsp3) is 0.538. The van der Waals surface area contributed by atoms with Crippen LogP contribution in [-0.4, -0.2) is 44.4 Å². The zero-order valence-electron chi connectivity index (χ0n) is 11.9. The zero-order valence-corrected chi connectivity index (χ0v) is 11.9. The molecule has 0 aliphatic heterocycles. The molecule has 0 bridgehead atoms. The van der Waals surface area contributed by atoms with Crippen molar-refractivity contribution in [1.82, 2.24) is 9.88 Å². The minimum absolute atomic E-state index is 0.535. The molecule has 0 spiro atoms. The highest BCUT2D eigenvalue weighted by Crippen LogP contribution is 2.14. The number of rotatable bonds is 2. The maximum absolute atomic E-state index is 10.3. The predicted octanol–water partition coefficient (Wildman–Crippen LogP) is 2.42. The molecule has 1 heterocycles. The van der Waals surface area contributed by atoms with Gasteiger partial charge in [0.25, 0.3) is 0 Å². The Kier molecular flexibility index (Phi) is 11.7. The van der Waals surface area contributed by atoms with Gasteiger partial charge >= 0.3 is 0 Å². The van der Waals surface area contributed by atoms with Crippen LogP contribution in [0.4, 0.5) is 0 Å². The number of aromatic nitrogens is 1. The van der Waals surface area contributed by atoms with Crippen LogP contribution in [0.25, 0.3) is 0 Å². The topological polar surface area (TPSA) is 42.4 Å². The van der Waals surface area contributed by atoms with Crippen molar-refractivity contribution in [2.24, 2.45) is 0 Å². The Morgan fingerprint density at radius 1 is 1.29 bits per heavy atom. The first-order valence-electron chi connectivity index (χ1n) is 5.58. The second-order valence-corrected chi connectivity index (χ2v) is 3.52. The highest BCUT2D eigenvalue weighted by molar-refractivity contribution is 5.74. The molecule has 0 fully saturated rings. The summed E-state index contributed by atoms with van der Waals surface area (Å²) in [5, 5.41) is 0. The van der Waals surface area contributed by atoms with Crippen molar-refractivity contribution in [3.05, 3.63) is 23.5 Å². The standard InChI is InChI=1S/C8H9NO2.C3H9N.C2H6/c1-6-8(11-2)3-7(5-10)4-9-6;1-4(2)3;1-2/h3-5H,1-2H3;1-3H3;1-2H3. The van der Waals surface area contributed by atoms with Crippen LogP contribution < -0.4 is 4.74 Å². The average molecular weight is 240 g/mol. The summed E-state index contributed by atoms with van der Waals surface area (Å²) in [5.41, 5.74) is 1.32. The third-order valence-electron chi connectivity index (χ3n) is 1.42. The number of aryl methyl sites for hydroxylation is 1. The number of hydrogen-bond acceptors (Lipinski definition) is 4. The zero-order chi connectivity index (χ0) is 13.8. The molecule has 0 radical (unpaired) electrons. The molecular formula is C13H24N2O2. The molecule has 0 N–H and O–H groups in total. The van der Waals surface area contributed by atoms with Gasteiger partial charge in [-0.15, -0.1) is 0 Å². The minimum Gasteiger partial charge on any atom is -0.495 e. The van der Waals surface area contributed by atoms with E-state index in [0.717, 1.165) is 12.0 Å². The van der Waals surface area contributed by atoms with Gasteiger partial charge in [0.05, 0.1) is 12.8 Å². The molecule has 0 aromatic carbocycles. The Labute approximate surface area is 105 Å². The first-order valence-corrected chi connectivity index (χ1v) is 5.58. The van der Waals surface area contributed by atoms with Gasteiger partial charge in [-0.1, -0.05) is 13.8 Å². The SMILES string of the molecule is CC.CN(C)C.COc1cc(C=O)cnc1C. The molecule has 1 aromatic rings. The summed E-state index contributed by atoms with van der Waals surface area (Å²) in [6.07, 6.45) is 2.26. The van der Waals surface area contributed by atoms with Crippen molar-refractivity contribution >= 4 is 6.29 Å². The molecule has 0 aliphatic rings. The molecule has 0 unspecified atom stereocenters. The first kappa shape index (κ1) is 18.0. The quantitative estimate of drug-likeness (QED) is 0.745. The van der Waals surface area contributed by atoms with Gasteiger partial charge in [-0.2, -0.15) is 0 Å². The van der Waals surface area contributed by atoms with Crippen LogP contribution >= 0.6 is 0 Å². The molecule has 0 atom stereocenters. The summed E-state index contributed by atoms with van der Waals surface area (Å²) < 4.78 is 4.97. The molecule has 17 heavy (non-hydrogen) atoms. The summed E-state index contributed by atoms with van der Waals surface area (Å²) in [4.78, 5) is 16.3. The van der Waals surface area contributed by atoms with Gasteiger partial charge in [0, 0.05) is 11.8 Å². The van der Waals surface area contributed by atoms with Crippen LogP contribution in [0.3, 0.4) is 0 Å². The van der Waals surface area contributed by atoms with Crippen LogP contribution in [0.2, 0.25) is 0 Å². The number of nitrogens with zero attached hydrogens (tertiary/aromatic N) is 2. The molecule has 4 heteroatoms. The molecule has 4 nitrogen and oxygen atoms in total. The number of aldehydes is 1. The Morgan fingerprint density at radius 2 is 1.76 bits per heavy atom. The van der Waals surface area contributed by atoms with E-state index in [4.69, 9.17) is 4.74 Å². The van der Waals surface area contributed by atoms with Gasteiger partial charge in [-0.3, -0.25) is 9.78 Å². The highest BCUT2D eigenvalue weighted by atomic mass is 16.5. The van der Waals surface area contributed by atoms with Gasteiger partial charge in [0.2, 0.25) is 0 Å². The summed E-state index contributed by atoms with van der Waals surface area (Å²) in [6.45, 7) is 5.83. The van der Waals surface area contributed by atoms with E-state index in [0.29, 0.717) is 11.3 Å². The Balaban J connectivity index is 0. The fourth-order valence-corrected chi connectivity index (χ4v) is 0.799. The minimum atomic E-state index is 0.535. The van der Waals surface area contributed by atoms with E-state index in [1.807, 2.05) is 46.8 Å². The van der Waals surface area contributed by atoms with Gasteiger partial charge in [0.1, 0.15) is 5.75 Å². The molecule has 1 aromatic heterocycles. The average Bonchev–Trinajstić information content (AvgIpc) is 2.31. The lowest BCUT2D eigenvalue weighted by atomic mass is 10.2. The van der Waals surface area contributed by atoms with Gasteiger partial charge < -0.3 is 9.64 Å². The third kappa shape index (κ3) is 9.51. The first-order chi connectivity index (χ1) is 8.01. The van der Waals surface area contributed by atoms with E-state index >= 15 is 0 Å². The van der Waals surface area contributed by atoms with Crippen LogP contribution in [-0.2, 0) is 0 Å². The molecule has 0 saturated carbocycles. The largest absolute Gasteiger partial charge is 0.495 e. The third-order valence-corrected chi connectivity index (χ3v) is 1.42. The number of ether oxygens (including phenoxy) is 1. The highest BCUT2D eigenvalue weighted by Gasteiger charge is 1.99. The number of pyridine rings is 1. The van der Waals surface area contributed by atoms with Crippen LogP contribution in [0.15, 0.2) is 12.3 Å². The summed E-state index contributed by atoms with van der Waals surface area (Å²) in [5.74, 6) is 0.648. The van der Waals surface area contributed by atoms with Crippen LogP contribution in [0, 0.1) is 6.92 Å². The Hall–Kier alpha value is -1.42. The van der Waals surface area contributed by atoms with E-state index in [2.05, 4.69) is 4.98 Å². The predicted molar refractivity (Wildman–Crippen MR) is 71.9 cm³/mol. The Bertz CT molecular complexity index is 310. The normalized spacial score (nSPS) is 8.47. The van der Waals surface area contributed by atoms with Crippen LogP contribution in [0.1, 0.15) is 29.9 Å². The van der Waals surface area contributed by atoms with Crippen molar-refractivity contribution < 1.29 is 9.53 Å². The van der Waals surface area contributed by atoms with Crippen molar-refractivity contribution in [3.8, 4) is 5.75 Å². The Morgan fingerprint density at radius 3 is 2.12 bits per heavy atom. The number of carbonyl (C=O) groups is 1. The van der Waals surface area contributed by atoms with Gasteiger partial charge in [0.15, 0.2) is 6.29 Å². The maximum Gasteiger partial charge on any atom is 0.151 e. The smallest absolute Gasteiger partial charge is 0.151 e. The van der Waals surface area contributed by atoms with Crippen molar-refractivity contribution in [1.29, 1.82) is 0 Å². The van der Waals surface area contributed by atoms with Crippen molar-refractivity contribution in [3.63, 3.8) is 0 Å².